The second kappa shape index (κ2) is 9.29. The molecule has 1 atom stereocenters. The molecule has 1 aromatic rings. The molecule has 0 radical (unpaired) electrons. The zero-order valence-corrected chi connectivity index (χ0v) is 12.5. The fourth-order valence-electron chi connectivity index (χ4n) is 1.64. The Balaban J connectivity index is 0.00000154. The zero-order chi connectivity index (χ0) is 14.8. The molecule has 0 aromatic heterocycles. The molecule has 0 amide bonds. The van der Waals surface area contributed by atoms with Gasteiger partial charge in [-0.15, -0.1) is 0 Å². The third kappa shape index (κ3) is 6.17. The maximum atomic E-state index is 11.6. The van der Waals surface area contributed by atoms with Gasteiger partial charge in [-0.1, -0.05) is 39.8 Å². The van der Waals surface area contributed by atoms with Crippen LogP contribution in [0, 0.1) is 11.3 Å². The number of benzene rings is 1. The van der Waals surface area contributed by atoms with Crippen molar-refractivity contribution in [3.8, 4) is 6.07 Å². The van der Waals surface area contributed by atoms with Gasteiger partial charge in [-0.2, -0.15) is 5.26 Å². The minimum Gasteiger partial charge on any atom is -0.313 e. The van der Waals surface area contributed by atoms with E-state index >= 15 is 0 Å². The Morgan fingerprint density at radius 2 is 1.79 bits per heavy atom. The Kier molecular flexibility index (Phi) is 8.48. The number of hydrogen-bond donors (Lipinski definition) is 1. The van der Waals surface area contributed by atoms with Gasteiger partial charge in [0, 0.05) is 12.6 Å². The van der Waals surface area contributed by atoms with E-state index in [4.69, 9.17) is 5.26 Å². The van der Waals surface area contributed by atoms with Gasteiger partial charge in [0.05, 0.1) is 17.6 Å². The van der Waals surface area contributed by atoms with Gasteiger partial charge in [0.25, 0.3) is 0 Å². The molecule has 0 saturated heterocycles. The van der Waals surface area contributed by atoms with Crippen molar-refractivity contribution in [2.75, 3.05) is 6.54 Å². The van der Waals surface area contributed by atoms with Crippen molar-refractivity contribution in [2.45, 2.75) is 46.6 Å². The van der Waals surface area contributed by atoms with Crippen molar-refractivity contribution in [1.29, 1.82) is 5.26 Å². The van der Waals surface area contributed by atoms with Crippen LogP contribution >= 0.6 is 0 Å². The number of nitrogens with one attached hydrogen (secondary N) is 1. The number of ketones is 1. The van der Waals surface area contributed by atoms with Gasteiger partial charge in [0.15, 0.2) is 0 Å². The van der Waals surface area contributed by atoms with Gasteiger partial charge < -0.3 is 5.32 Å². The van der Waals surface area contributed by atoms with Crippen LogP contribution in [0.25, 0.3) is 0 Å². The van der Waals surface area contributed by atoms with E-state index in [1.54, 1.807) is 19.1 Å². The number of Topliss-reactive ketones (excluding diaryl/α,β-unsaturated/α-hetero) is 1. The molecule has 0 bridgehead atoms. The molecule has 0 aliphatic rings. The summed E-state index contributed by atoms with van der Waals surface area (Å²) in [5.41, 5.74) is 1.58. The largest absolute Gasteiger partial charge is 0.313 e. The Bertz CT molecular complexity index is 415. The van der Waals surface area contributed by atoms with Crippen LogP contribution in [0.2, 0.25) is 0 Å². The second-order valence-electron chi connectivity index (χ2n) is 4.46. The number of carbonyl (C=O) groups excluding carboxylic acids is 1. The van der Waals surface area contributed by atoms with Gasteiger partial charge in [-0.3, -0.25) is 4.79 Å². The minimum atomic E-state index is -0.134. The summed E-state index contributed by atoms with van der Waals surface area (Å²) in [5.74, 6) is 0.00741. The highest BCUT2D eigenvalue weighted by atomic mass is 16.1. The Labute approximate surface area is 116 Å². The van der Waals surface area contributed by atoms with Crippen molar-refractivity contribution >= 4 is 5.78 Å². The topological polar surface area (TPSA) is 52.9 Å². The zero-order valence-electron chi connectivity index (χ0n) is 12.5. The SMILES string of the molecule is CC.CC(=O)C(CNC(C)C)c1ccc(C#N)cc1. The smallest absolute Gasteiger partial charge is 0.138 e. The molecule has 3 nitrogen and oxygen atoms in total. The van der Waals surface area contributed by atoms with Gasteiger partial charge in [0.1, 0.15) is 5.78 Å². The van der Waals surface area contributed by atoms with Gasteiger partial charge in [-0.25, -0.2) is 0 Å². The van der Waals surface area contributed by atoms with Crippen LogP contribution < -0.4 is 5.32 Å². The molecule has 0 fully saturated rings. The first-order valence-electron chi connectivity index (χ1n) is 6.78. The molecule has 1 unspecified atom stereocenters. The van der Waals surface area contributed by atoms with E-state index in [1.807, 2.05) is 26.0 Å². The predicted octanol–water partition coefficient (Wildman–Crippen LogP) is 3.26. The lowest BCUT2D eigenvalue weighted by atomic mass is 9.94. The Morgan fingerprint density at radius 1 is 1.26 bits per heavy atom. The van der Waals surface area contributed by atoms with E-state index in [0.29, 0.717) is 18.2 Å². The molecule has 0 spiro atoms. The lowest BCUT2D eigenvalue weighted by Crippen LogP contribution is -2.30. The van der Waals surface area contributed by atoms with E-state index < -0.39 is 0 Å². The average molecular weight is 260 g/mol. The molecule has 0 aliphatic heterocycles. The standard InChI is InChI=1S/C14H18N2O.C2H6/c1-10(2)16-9-14(11(3)17)13-6-4-12(8-15)5-7-13;1-2/h4-7,10,14,16H,9H2,1-3H3;1-2H3. The molecule has 3 heteroatoms. The van der Waals surface area contributed by atoms with Crippen LogP contribution in [-0.2, 0) is 4.79 Å². The summed E-state index contributed by atoms with van der Waals surface area (Å²) in [7, 11) is 0. The highest BCUT2D eigenvalue weighted by Gasteiger charge is 2.16. The first-order chi connectivity index (χ1) is 9.04. The van der Waals surface area contributed by atoms with Crippen LogP contribution in [0.1, 0.15) is 51.7 Å². The normalized spacial score (nSPS) is 11.2. The number of rotatable bonds is 5. The molecule has 104 valence electrons. The maximum Gasteiger partial charge on any atom is 0.138 e. The quantitative estimate of drug-likeness (QED) is 0.884. The van der Waals surface area contributed by atoms with Crippen LogP contribution in [0.15, 0.2) is 24.3 Å². The number of nitriles is 1. The molecule has 1 N–H and O–H groups in total. The van der Waals surface area contributed by atoms with Crippen molar-refractivity contribution in [1.82, 2.24) is 5.32 Å². The second-order valence-corrected chi connectivity index (χ2v) is 4.46. The predicted molar refractivity (Wildman–Crippen MR) is 79.1 cm³/mol. The first kappa shape index (κ1) is 17.3. The van der Waals surface area contributed by atoms with Crippen LogP contribution in [-0.4, -0.2) is 18.4 Å². The summed E-state index contributed by atoms with van der Waals surface area (Å²) in [5, 5.41) is 12.0. The summed E-state index contributed by atoms with van der Waals surface area (Å²) in [6.07, 6.45) is 0. The average Bonchev–Trinajstić information content (AvgIpc) is 2.41. The summed E-state index contributed by atoms with van der Waals surface area (Å²) >= 11 is 0. The lowest BCUT2D eigenvalue weighted by Gasteiger charge is -2.17. The highest BCUT2D eigenvalue weighted by Crippen LogP contribution is 2.17. The maximum absolute atomic E-state index is 11.6. The van der Waals surface area contributed by atoms with Crippen molar-refractivity contribution in [3.05, 3.63) is 35.4 Å². The van der Waals surface area contributed by atoms with E-state index in [1.165, 1.54) is 0 Å². The summed E-state index contributed by atoms with van der Waals surface area (Å²) < 4.78 is 0. The number of nitrogens with zero attached hydrogens (tertiary/aromatic N) is 1. The van der Waals surface area contributed by atoms with E-state index in [9.17, 15) is 4.79 Å². The number of carbonyl (C=O) groups is 1. The molecule has 1 rings (SSSR count). The molecule has 0 saturated carbocycles. The molecule has 19 heavy (non-hydrogen) atoms. The Hall–Kier alpha value is -1.66. The van der Waals surface area contributed by atoms with E-state index in [2.05, 4.69) is 25.2 Å². The molecule has 0 heterocycles. The number of hydrogen-bond acceptors (Lipinski definition) is 3. The monoisotopic (exact) mass is 260 g/mol. The van der Waals surface area contributed by atoms with E-state index in [0.717, 1.165) is 5.56 Å². The Morgan fingerprint density at radius 3 is 2.16 bits per heavy atom. The molecular weight excluding hydrogens is 236 g/mol. The first-order valence-corrected chi connectivity index (χ1v) is 6.78. The third-order valence-electron chi connectivity index (χ3n) is 2.66. The third-order valence-corrected chi connectivity index (χ3v) is 2.66. The summed E-state index contributed by atoms with van der Waals surface area (Å²) in [4.78, 5) is 11.6. The lowest BCUT2D eigenvalue weighted by molar-refractivity contribution is -0.118. The van der Waals surface area contributed by atoms with Crippen molar-refractivity contribution in [3.63, 3.8) is 0 Å². The van der Waals surface area contributed by atoms with Gasteiger partial charge in [0.2, 0.25) is 0 Å². The van der Waals surface area contributed by atoms with Gasteiger partial charge in [-0.05, 0) is 24.6 Å². The van der Waals surface area contributed by atoms with Gasteiger partial charge >= 0.3 is 0 Å². The van der Waals surface area contributed by atoms with Crippen molar-refractivity contribution < 1.29 is 4.79 Å². The minimum absolute atomic E-state index is 0.134. The van der Waals surface area contributed by atoms with Crippen molar-refractivity contribution in [2.24, 2.45) is 0 Å². The summed E-state index contributed by atoms with van der Waals surface area (Å²) in [6.45, 7) is 10.3. The fourth-order valence-corrected chi connectivity index (χ4v) is 1.64. The highest BCUT2D eigenvalue weighted by molar-refractivity contribution is 5.83. The van der Waals surface area contributed by atoms with Crippen LogP contribution in [0.3, 0.4) is 0 Å². The van der Waals surface area contributed by atoms with Crippen LogP contribution in [0.4, 0.5) is 0 Å². The fraction of sp³-hybridized carbons (Fsp3) is 0.500. The summed E-state index contributed by atoms with van der Waals surface area (Å²) in [6, 6.07) is 9.64. The van der Waals surface area contributed by atoms with Crippen LogP contribution in [0.5, 0.6) is 0 Å². The molecule has 0 aliphatic carbocycles. The van der Waals surface area contributed by atoms with E-state index in [-0.39, 0.29) is 11.7 Å². The molecular formula is C16H24N2O. The molecule has 1 aromatic carbocycles.